The average molecular weight is 411 g/mol. The molecule has 6 heteroatoms. The Balaban J connectivity index is 1.72. The number of pyridine rings is 1. The van der Waals surface area contributed by atoms with E-state index in [4.69, 9.17) is 10.5 Å². The monoisotopic (exact) mass is 410 g/mol. The van der Waals surface area contributed by atoms with Crippen LogP contribution in [0.3, 0.4) is 0 Å². The van der Waals surface area contributed by atoms with E-state index in [-0.39, 0.29) is 17.9 Å². The first-order valence-electron chi connectivity index (χ1n) is 10.6. The molecule has 1 aromatic carbocycles. The molecule has 4 rings (SSSR count). The summed E-state index contributed by atoms with van der Waals surface area (Å²) in [6.07, 6.45) is 5.20. The molecule has 0 radical (unpaired) electrons. The van der Waals surface area contributed by atoms with Crippen LogP contribution in [0.1, 0.15) is 56.4 Å². The second-order valence-corrected chi connectivity index (χ2v) is 9.05. The van der Waals surface area contributed by atoms with Crippen molar-refractivity contribution in [3.63, 3.8) is 0 Å². The highest BCUT2D eigenvalue weighted by Gasteiger charge is 2.61. The van der Waals surface area contributed by atoms with Crippen LogP contribution in [0.15, 0.2) is 42.6 Å². The van der Waals surface area contributed by atoms with E-state index in [1.165, 1.54) is 11.1 Å². The number of benzene rings is 1. The normalized spacial score (nSPS) is 32.7. The summed E-state index contributed by atoms with van der Waals surface area (Å²) in [5.74, 6) is 0.347. The highest BCUT2D eigenvalue weighted by Crippen LogP contribution is 2.59. The number of nitrogens with two attached hydrogens (primary N) is 1. The third kappa shape index (κ3) is 3.19. The minimum absolute atomic E-state index is 0.147. The molecule has 0 spiro atoms. The lowest BCUT2D eigenvalue weighted by Crippen LogP contribution is -2.62. The number of carbonyl (C=O) groups is 1. The molecule has 1 amide bonds. The molecule has 2 aromatic rings. The summed E-state index contributed by atoms with van der Waals surface area (Å²) in [5, 5.41) is 23.2. The number of ether oxygens (including phenoxy) is 1. The van der Waals surface area contributed by atoms with Gasteiger partial charge in [-0.15, -0.1) is 0 Å². The Kier molecular flexibility index (Phi) is 5.11. The summed E-state index contributed by atoms with van der Waals surface area (Å²) in [6.45, 7) is 3.74. The summed E-state index contributed by atoms with van der Waals surface area (Å²) >= 11 is 0. The van der Waals surface area contributed by atoms with Crippen molar-refractivity contribution in [2.75, 3.05) is 6.61 Å². The number of aromatic nitrogens is 1. The fraction of sp³-hybridized carbons (Fsp3) is 0.500. The fourth-order valence-corrected chi connectivity index (χ4v) is 5.80. The van der Waals surface area contributed by atoms with Crippen LogP contribution in [0.4, 0.5) is 0 Å². The van der Waals surface area contributed by atoms with Crippen LogP contribution in [0, 0.1) is 5.92 Å². The van der Waals surface area contributed by atoms with Gasteiger partial charge in [0.15, 0.2) is 6.61 Å². The largest absolute Gasteiger partial charge is 0.484 e. The number of amides is 1. The van der Waals surface area contributed by atoms with Crippen molar-refractivity contribution in [1.29, 1.82) is 0 Å². The number of aliphatic hydroxyl groups is 2. The Morgan fingerprint density at radius 2 is 2.10 bits per heavy atom. The molecule has 1 heterocycles. The van der Waals surface area contributed by atoms with Gasteiger partial charge < -0.3 is 20.7 Å². The van der Waals surface area contributed by atoms with Crippen LogP contribution in [0.5, 0.6) is 5.75 Å². The van der Waals surface area contributed by atoms with Gasteiger partial charge in [0.05, 0.1) is 11.3 Å². The molecule has 1 aromatic heterocycles. The number of aryl methyl sites for hydroxylation is 1. The second-order valence-electron chi connectivity index (χ2n) is 9.05. The third-order valence-corrected chi connectivity index (χ3v) is 7.35. The molecule has 2 unspecified atom stereocenters. The molecular weight excluding hydrogens is 380 g/mol. The van der Waals surface area contributed by atoms with Crippen molar-refractivity contribution >= 4 is 5.91 Å². The van der Waals surface area contributed by atoms with Crippen molar-refractivity contribution in [3.05, 3.63) is 59.4 Å². The smallest absolute Gasteiger partial charge is 0.255 e. The van der Waals surface area contributed by atoms with Gasteiger partial charge in [0, 0.05) is 11.6 Å². The van der Waals surface area contributed by atoms with E-state index in [0.717, 1.165) is 19.3 Å². The number of primary amides is 1. The highest BCUT2D eigenvalue weighted by molar-refractivity contribution is 5.75. The maximum Gasteiger partial charge on any atom is 0.255 e. The number of nitrogens with zero attached hydrogens (tertiary/aromatic N) is 1. The Bertz CT molecular complexity index is 945. The first-order chi connectivity index (χ1) is 14.2. The molecule has 4 N–H and O–H groups in total. The van der Waals surface area contributed by atoms with Gasteiger partial charge in [-0.25, -0.2) is 0 Å². The van der Waals surface area contributed by atoms with Crippen LogP contribution in [0.25, 0.3) is 0 Å². The summed E-state index contributed by atoms with van der Waals surface area (Å²) < 4.78 is 5.50. The van der Waals surface area contributed by atoms with Gasteiger partial charge in [-0.1, -0.05) is 19.1 Å². The summed E-state index contributed by atoms with van der Waals surface area (Å²) in [5.41, 5.74) is 5.14. The van der Waals surface area contributed by atoms with E-state index >= 15 is 0 Å². The molecular formula is C24H30N2O4. The Labute approximate surface area is 177 Å². The van der Waals surface area contributed by atoms with Crippen molar-refractivity contribution in [2.45, 2.75) is 62.6 Å². The zero-order valence-corrected chi connectivity index (χ0v) is 17.6. The number of carbonyl (C=O) groups excluding carboxylic acids is 1. The predicted octanol–water partition coefficient (Wildman–Crippen LogP) is 2.59. The van der Waals surface area contributed by atoms with E-state index in [9.17, 15) is 15.0 Å². The Morgan fingerprint density at radius 3 is 2.77 bits per heavy atom. The standard InChI is InChI=1S/C24H30N2O4/c1-3-23-15-22(2,28)24(29,20-6-4-5-11-26-20)13-17(23)8-7-16-12-18(9-10-19(16)23)30-14-21(25)27/h4-6,9-12,17,28-29H,3,7-8,13-15H2,1-2H3,(H2,25,27)/t17-,22?,23-,24?/m1/s1. The van der Waals surface area contributed by atoms with Crippen LogP contribution >= 0.6 is 0 Å². The quantitative estimate of drug-likeness (QED) is 0.703. The summed E-state index contributed by atoms with van der Waals surface area (Å²) in [6, 6.07) is 11.4. The van der Waals surface area contributed by atoms with Crippen molar-refractivity contribution in [2.24, 2.45) is 11.7 Å². The first kappa shape index (κ1) is 20.8. The van der Waals surface area contributed by atoms with Gasteiger partial charge >= 0.3 is 0 Å². The van der Waals surface area contributed by atoms with Crippen LogP contribution in [-0.2, 0) is 22.2 Å². The number of hydrogen-bond acceptors (Lipinski definition) is 5. The first-order valence-corrected chi connectivity index (χ1v) is 10.6. The SMILES string of the molecule is CC[C@@]12CC(C)(O)C(O)(c3ccccn3)C[C@H]1CCc1cc(OCC(N)=O)ccc12. The Morgan fingerprint density at radius 1 is 1.30 bits per heavy atom. The number of fused-ring (bicyclic) bond motifs is 3. The molecule has 160 valence electrons. The van der Waals surface area contributed by atoms with E-state index in [0.29, 0.717) is 24.3 Å². The summed E-state index contributed by atoms with van der Waals surface area (Å²) in [4.78, 5) is 15.4. The molecule has 1 fully saturated rings. The lowest BCUT2D eigenvalue weighted by Gasteiger charge is -2.58. The molecule has 30 heavy (non-hydrogen) atoms. The minimum atomic E-state index is -1.39. The average Bonchev–Trinajstić information content (AvgIpc) is 2.73. The topological polar surface area (TPSA) is 106 Å². The number of rotatable bonds is 5. The maximum atomic E-state index is 11.7. The molecule has 4 atom stereocenters. The van der Waals surface area contributed by atoms with Gasteiger partial charge in [-0.3, -0.25) is 9.78 Å². The van der Waals surface area contributed by atoms with Gasteiger partial charge in [-0.2, -0.15) is 0 Å². The molecule has 0 bridgehead atoms. The zero-order chi connectivity index (χ0) is 21.6. The van der Waals surface area contributed by atoms with Gasteiger partial charge in [0.25, 0.3) is 5.91 Å². The van der Waals surface area contributed by atoms with E-state index in [1.54, 1.807) is 19.2 Å². The highest BCUT2D eigenvalue weighted by atomic mass is 16.5. The molecule has 1 saturated carbocycles. The van der Waals surface area contributed by atoms with Gasteiger partial charge in [0.2, 0.25) is 0 Å². The lowest BCUT2D eigenvalue weighted by atomic mass is 9.49. The second kappa shape index (κ2) is 7.36. The lowest BCUT2D eigenvalue weighted by molar-refractivity contribution is -0.207. The van der Waals surface area contributed by atoms with Crippen LogP contribution < -0.4 is 10.5 Å². The van der Waals surface area contributed by atoms with Gasteiger partial charge in [0.1, 0.15) is 11.4 Å². The van der Waals surface area contributed by atoms with Crippen LogP contribution in [-0.4, -0.2) is 33.3 Å². The molecule has 0 saturated heterocycles. The molecule has 2 aliphatic rings. The third-order valence-electron chi connectivity index (χ3n) is 7.35. The minimum Gasteiger partial charge on any atom is -0.484 e. The van der Waals surface area contributed by atoms with Crippen LogP contribution in [0.2, 0.25) is 0 Å². The molecule has 6 nitrogen and oxygen atoms in total. The van der Waals surface area contributed by atoms with Crippen molar-refractivity contribution in [3.8, 4) is 5.75 Å². The van der Waals surface area contributed by atoms with E-state index in [2.05, 4.69) is 18.0 Å². The van der Waals surface area contributed by atoms with Crippen molar-refractivity contribution < 1.29 is 19.7 Å². The molecule has 2 aliphatic carbocycles. The van der Waals surface area contributed by atoms with Gasteiger partial charge in [-0.05, 0) is 80.3 Å². The molecule has 0 aliphatic heterocycles. The zero-order valence-electron chi connectivity index (χ0n) is 17.6. The maximum absolute atomic E-state index is 11.7. The fourth-order valence-electron chi connectivity index (χ4n) is 5.80. The predicted molar refractivity (Wildman–Crippen MR) is 113 cm³/mol. The van der Waals surface area contributed by atoms with E-state index < -0.39 is 17.1 Å². The number of hydrogen-bond donors (Lipinski definition) is 3. The van der Waals surface area contributed by atoms with E-state index in [1.807, 2.05) is 24.3 Å². The van der Waals surface area contributed by atoms with Crippen molar-refractivity contribution in [1.82, 2.24) is 4.98 Å². The Hall–Kier alpha value is -2.44. The summed E-state index contributed by atoms with van der Waals surface area (Å²) in [7, 11) is 0.